The summed E-state index contributed by atoms with van der Waals surface area (Å²) in [7, 11) is 0. The standard InChI is InChI=1S/C18H18N4O3/c1-2-24-15(23)9-14-16-12(8-11-6-4-3-5-7-11)13(10-19)17(20)25-18(16)22-21-14/h3-7,12H,2,8-9,20H2,1H3,(H,21,22)/t12-/m0/s1. The first-order valence-electron chi connectivity index (χ1n) is 7.98. The van der Waals surface area contributed by atoms with Gasteiger partial charge in [0.2, 0.25) is 11.8 Å². The molecule has 2 heterocycles. The number of carbonyl (C=O) groups excluding carboxylic acids is 1. The van der Waals surface area contributed by atoms with Crippen molar-refractivity contribution in [3.8, 4) is 11.9 Å². The van der Waals surface area contributed by atoms with Gasteiger partial charge in [-0.1, -0.05) is 30.3 Å². The van der Waals surface area contributed by atoms with E-state index in [4.69, 9.17) is 15.2 Å². The van der Waals surface area contributed by atoms with Crippen molar-refractivity contribution >= 4 is 5.97 Å². The first-order chi connectivity index (χ1) is 12.1. The van der Waals surface area contributed by atoms with Crippen molar-refractivity contribution in [2.24, 2.45) is 5.73 Å². The summed E-state index contributed by atoms with van der Waals surface area (Å²) in [4.78, 5) is 11.9. The van der Waals surface area contributed by atoms with Crippen LogP contribution in [-0.4, -0.2) is 22.8 Å². The van der Waals surface area contributed by atoms with Gasteiger partial charge in [0.1, 0.15) is 6.07 Å². The molecule has 7 heteroatoms. The highest BCUT2D eigenvalue weighted by Crippen LogP contribution is 2.40. The lowest BCUT2D eigenvalue weighted by molar-refractivity contribution is -0.142. The van der Waals surface area contributed by atoms with Crippen molar-refractivity contribution in [1.29, 1.82) is 5.26 Å². The van der Waals surface area contributed by atoms with Crippen LogP contribution >= 0.6 is 0 Å². The number of aromatic nitrogens is 2. The molecule has 1 atom stereocenters. The molecule has 1 aromatic heterocycles. The number of aromatic amines is 1. The van der Waals surface area contributed by atoms with E-state index in [1.165, 1.54) is 0 Å². The zero-order valence-corrected chi connectivity index (χ0v) is 13.8. The molecular formula is C18H18N4O3. The third kappa shape index (κ3) is 3.33. The minimum absolute atomic E-state index is 0.0312. The summed E-state index contributed by atoms with van der Waals surface area (Å²) in [5, 5.41) is 16.5. The predicted molar refractivity (Wildman–Crippen MR) is 89.3 cm³/mol. The number of esters is 1. The van der Waals surface area contributed by atoms with Gasteiger partial charge in [0.15, 0.2) is 0 Å². The van der Waals surface area contributed by atoms with Crippen LogP contribution < -0.4 is 10.5 Å². The minimum atomic E-state index is -0.367. The number of allylic oxidation sites excluding steroid dienone is 1. The van der Waals surface area contributed by atoms with Crippen LogP contribution in [0.5, 0.6) is 5.88 Å². The molecule has 0 radical (unpaired) electrons. The lowest BCUT2D eigenvalue weighted by Crippen LogP contribution is -2.22. The zero-order chi connectivity index (χ0) is 17.8. The highest BCUT2D eigenvalue weighted by Gasteiger charge is 2.34. The average molecular weight is 338 g/mol. The Hall–Kier alpha value is -3.27. The summed E-state index contributed by atoms with van der Waals surface area (Å²) in [6, 6.07) is 11.9. The minimum Gasteiger partial charge on any atom is -0.466 e. The SMILES string of the molecule is CCOC(=O)Cc1[nH]nc2c1[C@@H](Cc1ccccc1)C(C#N)=C(N)O2. The fourth-order valence-electron chi connectivity index (χ4n) is 2.96. The monoisotopic (exact) mass is 338 g/mol. The molecule has 0 spiro atoms. The molecule has 0 unspecified atom stereocenters. The van der Waals surface area contributed by atoms with Crippen molar-refractivity contribution in [2.75, 3.05) is 6.61 Å². The summed E-state index contributed by atoms with van der Waals surface area (Å²) < 4.78 is 10.5. The van der Waals surface area contributed by atoms with E-state index in [9.17, 15) is 10.1 Å². The van der Waals surface area contributed by atoms with Gasteiger partial charge in [-0.25, -0.2) is 0 Å². The average Bonchev–Trinajstić information content (AvgIpc) is 2.98. The third-order valence-electron chi connectivity index (χ3n) is 4.05. The number of ether oxygens (including phenoxy) is 2. The lowest BCUT2D eigenvalue weighted by atomic mass is 9.84. The number of hydrogen-bond acceptors (Lipinski definition) is 6. The fraction of sp³-hybridized carbons (Fsp3) is 0.278. The van der Waals surface area contributed by atoms with Crippen LogP contribution in [0.3, 0.4) is 0 Å². The van der Waals surface area contributed by atoms with E-state index in [-0.39, 0.29) is 24.2 Å². The molecule has 128 valence electrons. The van der Waals surface area contributed by atoms with E-state index in [1.54, 1.807) is 6.92 Å². The molecule has 0 fully saturated rings. The second-order valence-corrected chi connectivity index (χ2v) is 5.64. The van der Waals surface area contributed by atoms with E-state index in [0.29, 0.717) is 35.7 Å². The number of nitriles is 1. The van der Waals surface area contributed by atoms with Crippen molar-refractivity contribution in [1.82, 2.24) is 10.2 Å². The number of carbonyl (C=O) groups is 1. The Morgan fingerprint density at radius 2 is 2.20 bits per heavy atom. The first kappa shape index (κ1) is 16.6. The summed E-state index contributed by atoms with van der Waals surface area (Å²) in [6.07, 6.45) is 0.583. The molecule has 0 saturated heterocycles. The van der Waals surface area contributed by atoms with Crippen LogP contribution in [0, 0.1) is 11.3 Å². The topological polar surface area (TPSA) is 114 Å². The van der Waals surface area contributed by atoms with Gasteiger partial charge < -0.3 is 15.2 Å². The molecule has 1 aromatic carbocycles. The number of nitrogens with two attached hydrogens (primary N) is 1. The quantitative estimate of drug-likeness (QED) is 0.805. The summed E-state index contributed by atoms with van der Waals surface area (Å²) in [6.45, 7) is 2.05. The number of H-pyrrole nitrogens is 1. The van der Waals surface area contributed by atoms with Crippen molar-refractivity contribution in [3.05, 3.63) is 58.6 Å². The van der Waals surface area contributed by atoms with Crippen LogP contribution in [0.15, 0.2) is 41.8 Å². The van der Waals surface area contributed by atoms with Gasteiger partial charge in [-0.3, -0.25) is 9.89 Å². The van der Waals surface area contributed by atoms with Crippen LogP contribution in [0.2, 0.25) is 0 Å². The number of nitrogens with zero attached hydrogens (tertiary/aromatic N) is 2. The van der Waals surface area contributed by atoms with Gasteiger partial charge in [0.25, 0.3) is 0 Å². The normalized spacial score (nSPS) is 15.9. The maximum atomic E-state index is 11.9. The van der Waals surface area contributed by atoms with Gasteiger partial charge >= 0.3 is 5.97 Å². The van der Waals surface area contributed by atoms with Crippen LogP contribution in [0.1, 0.15) is 29.7 Å². The van der Waals surface area contributed by atoms with Gasteiger partial charge in [-0.05, 0) is 18.9 Å². The van der Waals surface area contributed by atoms with E-state index in [2.05, 4.69) is 16.3 Å². The van der Waals surface area contributed by atoms with Crippen molar-refractivity contribution < 1.29 is 14.3 Å². The number of hydrogen-bond donors (Lipinski definition) is 2. The highest BCUT2D eigenvalue weighted by atomic mass is 16.5. The summed E-state index contributed by atoms with van der Waals surface area (Å²) in [5.41, 5.74) is 8.54. The molecule has 0 saturated carbocycles. The zero-order valence-electron chi connectivity index (χ0n) is 13.8. The Balaban J connectivity index is 1.99. The largest absolute Gasteiger partial charge is 0.466 e. The number of fused-ring (bicyclic) bond motifs is 1. The Labute approximate surface area is 145 Å². The predicted octanol–water partition coefficient (Wildman–Crippen LogP) is 1.93. The van der Waals surface area contributed by atoms with Crippen molar-refractivity contribution in [2.45, 2.75) is 25.7 Å². The molecule has 0 bridgehead atoms. The van der Waals surface area contributed by atoms with E-state index in [1.807, 2.05) is 30.3 Å². The van der Waals surface area contributed by atoms with Crippen molar-refractivity contribution in [3.63, 3.8) is 0 Å². The molecule has 1 aliphatic rings. The fourth-order valence-corrected chi connectivity index (χ4v) is 2.96. The first-order valence-corrected chi connectivity index (χ1v) is 7.98. The molecule has 7 nitrogen and oxygen atoms in total. The molecular weight excluding hydrogens is 320 g/mol. The highest BCUT2D eigenvalue weighted by molar-refractivity contribution is 5.73. The van der Waals surface area contributed by atoms with Gasteiger partial charge in [-0.2, -0.15) is 5.26 Å². The van der Waals surface area contributed by atoms with E-state index < -0.39 is 0 Å². The maximum absolute atomic E-state index is 11.9. The molecule has 2 aromatic rings. The number of rotatable bonds is 5. The van der Waals surface area contributed by atoms with E-state index in [0.717, 1.165) is 5.56 Å². The molecule has 3 N–H and O–H groups in total. The Kier molecular flexibility index (Phi) is 4.70. The third-order valence-corrected chi connectivity index (χ3v) is 4.05. The lowest BCUT2D eigenvalue weighted by Gasteiger charge is -2.23. The van der Waals surface area contributed by atoms with Gasteiger partial charge in [0, 0.05) is 11.5 Å². The number of nitrogens with one attached hydrogen (secondary N) is 1. The van der Waals surface area contributed by atoms with Crippen LogP contribution in [0.25, 0.3) is 0 Å². The van der Waals surface area contributed by atoms with E-state index >= 15 is 0 Å². The molecule has 25 heavy (non-hydrogen) atoms. The Bertz CT molecular complexity index is 849. The molecule has 0 aliphatic carbocycles. The summed E-state index contributed by atoms with van der Waals surface area (Å²) >= 11 is 0. The Morgan fingerprint density at radius 1 is 1.44 bits per heavy atom. The molecule has 1 aliphatic heterocycles. The second-order valence-electron chi connectivity index (χ2n) is 5.64. The Morgan fingerprint density at radius 3 is 2.88 bits per heavy atom. The summed E-state index contributed by atoms with van der Waals surface area (Å²) in [5.74, 6) is -0.352. The smallest absolute Gasteiger partial charge is 0.311 e. The van der Waals surface area contributed by atoms with Crippen LogP contribution in [-0.2, 0) is 22.4 Å². The van der Waals surface area contributed by atoms with Gasteiger partial charge in [-0.15, -0.1) is 5.10 Å². The molecule has 0 amide bonds. The second kappa shape index (κ2) is 7.09. The molecule has 3 rings (SSSR count). The van der Waals surface area contributed by atoms with Gasteiger partial charge in [0.05, 0.1) is 24.3 Å². The number of benzene rings is 1. The van der Waals surface area contributed by atoms with Crippen LogP contribution in [0.4, 0.5) is 0 Å². The maximum Gasteiger partial charge on any atom is 0.311 e.